The molecule has 0 bridgehead atoms. The van der Waals surface area contributed by atoms with Crippen molar-refractivity contribution in [2.45, 2.75) is 19.3 Å². The third kappa shape index (κ3) is 2.35. The van der Waals surface area contributed by atoms with E-state index in [2.05, 4.69) is 5.32 Å². The standard InChI is InChI=1S/C9H17NO.ClH/c1-4-10-7-9(1)8-2-5-11-6-3-8;/h8-10H,1-7H2;1H. The maximum atomic E-state index is 5.34. The van der Waals surface area contributed by atoms with Gasteiger partial charge in [-0.25, -0.2) is 0 Å². The third-order valence-corrected chi connectivity index (χ3v) is 3.03. The summed E-state index contributed by atoms with van der Waals surface area (Å²) in [6.45, 7) is 4.50. The zero-order valence-corrected chi connectivity index (χ0v) is 8.24. The Kier molecular flexibility index (Phi) is 4.33. The first-order valence-electron chi connectivity index (χ1n) is 4.75. The summed E-state index contributed by atoms with van der Waals surface area (Å²) in [6, 6.07) is 0. The van der Waals surface area contributed by atoms with Crippen molar-refractivity contribution in [2.24, 2.45) is 11.8 Å². The van der Waals surface area contributed by atoms with Crippen LogP contribution in [0.2, 0.25) is 0 Å². The Morgan fingerprint density at radius 3 is 2.33 bits per heavy atom. The molecule has 0 spiro atoms. The van der Waals surface area contributed by atoms with Crippen LogP contribution in [0.25, 0.3) is 0 Å². The first-order chi connectivity index (χ1) is 5.47. The van der Waals surface area contributed by atoms with Crippen LogP contribution in [0.3, 0.4) is 0 Å². The Hall–Kier alpha value is 0.210. The number of rotatable bonds is 1. The van der Waals surface area contributed by atoms with Crippen molar-refractivity contribution in [3.63, 3.8) is 0 Å². The van der Waals surface area contributed by atoms with Crippen molar-refractivity contribution in [1.82, 2.24) is 5.32 Å². The van der Waals surface area contributed by atoms with Gasteiger partial charge in [-0.2, -0.15) is 0 Å². The van der Waals surface area contributed by atoms with Crippen molar-refractivity contribution in [3.8, 4) is 0 Å². The summed E-state index contributed by atoms with van der Waals surface area (Å²) in [7, 11) is 0. The van der Waals surface area contributed by atoms with Crippen LogP contribution in [0.1, 0.15) is 19.3 Å². The van der Waals surface area contributed by atoms with E-state index in [0.717, 1.165) is 25.0 Å². The Morgan fingerprint density at radius 1 is 1.00 bits per heavy atom. The van der Waals surface area contributed by atoms with E-state index in [-0.39, 0.29) is 12.4 Å². The van der Waals surface area contributed by atoms with Crippen LogP contribution in [0.4, 0.5) is 0 Å². The summed E-state index contributed by atoms with van der Waals surface area (Å²) in [5, 5.41) is 3.43. The van der Waals surface area contributed by atoms with Crippen molar-refractivity contribution in [1.29, 1.82) is 0 Å². The summed E-state index contributed by atoms with van der Waals surface area (Å²) >= 11 is 0. The van der Waals surface area contributed by atoms with Crippen LogP contribution in [0, 0.1) is 11.8 Å². The second-order valence-corrected chi connectivity index (χ2v) is 3.70. The highest BCUT2D eigenvalue weighted by atomic mass is 35.5. The van der Waals surface area contributed by atoms with Gasteiger partial charge in [0.05, 0.1) is 0 Å². The molecular weight excluding hydrogens is 174 g/mol. The molecule has 0 aromatic carbocycles. The van der Waals surface area contributed by atoms with E-state index in [1.807, 2.05) is 0 Å². The summed E-state index contributed by atoms with van der Waals surface area (Å²) < 4.78 is 5.34. The molecule has 2 aliphatic heterocycles. The molecule has 0 aliphatic carbocycles. The third-order valence-electron chi connectivity index (χ3n) is 3.03. The minimum atomic E-state index is 0. The molecule has 2 heterocycles. The highest BCUT2D eigenvalue weighted by Crippen LogP contribution is 2.27. The lowest BCUT2D eigenvalue weighted by molar-refractivity contribution is 0.0497. The van der Waals surface area contributed by atoms with Gasteiger partial charge < -0.3 is 10.1 Å². The normalized spacial score (nSPS) is 31.5. The molecule has 1 atom stereocenters. The molecule has 0 aromatic rings. The van der Waals surface area contributed by atoms with E-state index < -0.39 is 0 Å². The Bertz CT molecular complexity index is 120. The lowest BCUT2D eigenvalue weighted by atomic mass is 9.85. The van der Waals surface area contributed by atoms with Gasteiger partial charge in [-0.1, -0.05) is 0 Å². The van der Waals surface area contributed by atoms with Crippen molar-refractivity contribution < 1.29 is 4.74 Å². The summed E-state index contributed by atoms with van der Waals surface area (Å²) in [6.07, 6.45) is 3.99. The molecule has 0 amide bonds. The van der Waals surface area contributed by atoms with E-state index in [1.165, 1.54) is 32.4 Å². The van der Waals surface area contributed by atoms with E-state index in [0.29, 0.717) is 0 Å². The molecule has 2 saturated heterocycles. The molecule has 3 heteroatoms. The number of hydrogen-bond acceptors (Lipinski definition) is 2. The molecule has 0 saturated carbocycles. The molecule has 2 fully saturated rings. The van der Waals surface area contributed by atoms with Gasteiger partial charge in [0.1, 0.15) is 0 Å². The summed E-state index contributed by atoms with van der Waals surface area (Å²) in [4.78, 5) is 0. The molecule has 0 radical (unpaired) electrons. The van der Waals surface area contributed by atoms with Gasteiger partial charge >= 0.3 is 0 Å². The van der Waals surface area contributed by atoms with E-state index in [4.69, 9.17) is 4.74 Å². The molecule has 1 N–H and O–H groups in total. The van der Waals surface area contributed by atoms with E-state index >= 15 is 0 Å². The second-order valence-electron chi connectivity index (χ2n) is 3.70. The van der Waals surface area contributed by atoms with Gasteiger partial charge in [-0.05, 0) is 44.2 Å². The first kappa shape index (κ1) is 10.3. The molecule has 2 nitrogen and oxygen atoms in total. The predicted molar refractivity (Wildman–Crippen MR) is 51.8 cm³/mol. The second kappa shape index (κ2) is 5.05. The van der Waals surface area contributed by atoms with Gasteiger partial charge in [0, 0.05) is 13.2 Å². The lowest BCUT2D eigenvalue weighted by Gasteiger charge is -2.26. The monoisotopic (exact) mass is 191 g/mol. The van der Waals surface area contributed by atoms with Crippen molar-refractivity contribution >= 4 is 12.4 Å². The van der Waals surface area contributed by atoms with Crippen molar-refractivity contribution in [3.05, 3.63) is 0 Å². The molecule has 72 valence electrons. The Morgan fingerprint density at radius 2 is 1.75 bits per heavy atom. The zero-order valence-electron chi connectivity index (χ0n) is 7.42. The molecule has 0 aromatic heterocycles. The highest BCUT2D eigenvalue weighted by Gasteiger charge is 2.25. The molecule has 2 rings (SSSR count). The summed E-state index contributed by atoms with van der Waals surface area (Å²) in [5.41, 5.74) is 0. The van der Waals surface area contributed by atoms with Gasteiger partial charge in [0.2, 0.25) is 0 Å². The fourth-order valence-corrected chi connectivity index (χ4v) is 2.27. The van der Waals surface area contributed by atoms with Gasteiger partial charge in [0.25, 0.3) is 0 Å². The SMILES string of the molecule is C1CC(C2CCOCC2)CN1.Cl. The minimum absolute atomic E-state index is 0. The maximum absolute atomic E-state index is 5.34. The average Bonchev–Trinajstić information content (AvgIpc) is 2.58. The molecule has 1 unspecified atom stereocenters. The van der Waals surface area contributed by atoms with Crippen LogP contribution in [-0.4, -0.2) is 26.3 Å². The number of halogens is 1. The average molecular weight is 192 g/mol. The first-order valence-corrected chi connectivity index (χ1v) is 4.75. The summed E-state index contributed by atoms with van der Waals surface area (Å²) in [5.74, 6) is 1.91. The lowest BCUT2D eigenvalue weighted by Crippen LogP contribution is -2.24. The predicted octanol–water partition coefficient (Wildman–Crippen LogP) is 1.44. The number of nitrogens with one attached hydrogen (secondary N) is 1. The minimum Gasteiger partial charge on any atom is -0.381 e. The van der Waals surface area contributed by atoms with Crippen LogP contribution in [0.5, 0.6) is 0 Å². The molecular formula is C9H18ClNO. The van der Waals surface area contributed by atoms with Gasteiger partial charge in [0.15, 0.2) is 0 Å². The van der Waals surface area contributed by atoms with Crippen LogP contribution in [0.15, 0.2) is 0 Å². The van der Waals surface area contributed by atoms with Crippen LogP contribution < -0.4 is 5.32 Å². The fraction of sp³-hybridized carbons (Fsp3) is 1.00. The highest BCUT2D eigenvalue weighted by molar-refractivity contribution is 5.85. The number of ether oxygens (including phenoxy) is 1. The Balaban J connectivity index is 0.000000720. The Labute approximate surface area is 80.5 Å². The van der Waals surface area contributed by atoms with E-state index in [9.17, 15) is 0 Å². The molecule has 12 heavy (non-hydrogen) atoms. The van der Waals surface area contributed by atoms with Crippen LogP contribution in [-0.2, 0) is 4.74 Å². The van der Waals surface area contributed by atoms with E-state index in [1.54, 1.807) is 0 Å². The van der Waals surface area contributed by atoms with Crippen LogP contribution >= 0.6 is 12.4 Å². The quantitative estimate of drug-likeness (QED) is 0.678. The van der Waals surface area contributed by atoms with Gasteiger partial charge in [-0.3, -0.25) is 0 Å². The van der Waals surface area contributed by atoms with Crippen molar-refractivity contribution in [2.75, 3.05) is 26.3 Å². The zero-order chi connectivity index (χ0) is 7.52. The smallest absolute Gasteiger partial charge is 0.0468 e. The maximum Gasteiger partial charge on any atom is 0.0468 e. The largest absolute Gasteiger partial charge is 0.381 e. The van der Waals surface area contributed by atoms with Gasteiger partial charge in [-0.15, -0.1) is 12.4 Å². The molecule has 2 aliphatic rings. The topological polar surface area (TPSA) is 21.3 Å². The fourth-order valence-electron chi connectivity index (χ4n) is 2.27. The number of hydrogen-bond donors (Lipinski definition) is 1.